The van der Waals surface area contributed by atoms with Gasteiger partial charge in [0, 0.05) is 65.9 Å². The summed E-state index contributed by atoms with van der Waals surface area (Å²) in [6.07, 6.45) is 4.27. The average Bonchev–Trinajstić information content (AvgIpc) is 2.86. The summed E-state index contributed by atoms with van der Waals surface area (Å²) < 4.78 is 19.7. The minimum Gasteiger partial charge on any atom is -0.425 e. The van der Waals surface area contributed by atoms with E-state index in [0.717, 1.165) is 25.6 Å². The van der Waals surface area contributed by atoms with Crippen LogP contribution in [0.25, 0.3) is 0 Å². The molecule has 0 aromatic heterocycles. The van der Waals surface area contributed by atoms with E-state index in [9.17, 15) is 4.39 Å². The third-order valence-corrected chi connectivity index (χ3v) is 5.93. The lowest BCUT2D eigenvalue weighted by Crippen LogP contribution is -2.39. The average molecular weight is 478 g/mol. The van der Waals surface area contributed by atoms with Gasteiger partial charge in [0.2, 0.25) is 5.90 Å². The van der Waals surface area contributed by atoms with Crippen LogP contribution in [0.1, 0.15) is 36.5 Å². The molecule has 3 rings (SSSR count). The van der Waals surface area contributed by atoms with E-state index in [4.69, 9.17) is 32.1 Å². The molecule has 0 saturated carbocycles. The standard InChI is InChI=1S/C26H32FN7O/c1-2-33-14-20(13-28)24(30)21-12-17(9-10-23(21)29)25(31)35-26(32)19-7-5-11-34(16-19)15-18-6-3-4-8-22(18)27/h3-4,6,8-10,12-14,19,28,30-33H,2,5,7,11,15-16,29H2,1H3/b20-14+,28-13?,30-24?,31-25?,32-26?. The van der Waals surface area contributed by atoms with Gasteiger partial charge in [-0.3, -0.25) is 21.1 Å². The fourth-order valence-electron chi connectivity index (χ4n) is 4.00. The molecule has 1 saturated heterocycles. The van der Waals surface area contributed by atoms with Crippen molar-refractivity contribution in [1.29, 1.82) is 21.6 Å². The maximum Gasteiger partial charge on any atom is 0.220 e. The largest absolute Gasteiger partial charge is 0.425 e. The maximum atomic E-state index is 14.0. The number of nitrogens with two attached hydrogens (primary N) is 1. The highest BCUT2D eigenvalue weighted by atomic mass is 19.1. The number of hydrogen-bond donors (Lipinski definition) is 6. The molecule has 1 aliphatic rings. The van der Waals surface area contributed by atoms with Crippen LogP contribution in [0.4, 0.5) is 10.1 Å². The molecular formula is C26H32FN7O. The van der Waals surface area contributed by atoms with Crippen molar-refractivity contribution in [2.75, 3.05) is 25.4 Å². The minimum atomic E-state index is -0.237. The molecule has 1 unspecified atom stereocenters. The highest BCUT2D eigenvalue weighted by molar-refractivity contribution is 6.24. The summed E-state index contributed by atoms with van der Waals surface area (Å²) in [5.74, 6) is -0.648. The van der Waals surface area contributed by atoms with Crippen molar-refractivity contribution in [1.82, 2.24) is 10.2 Å². The monoisotopic (exact) mass is 477 g/mol. The SMILES string of the molecule is CCN/C=C(\C=N)C(=N)c1cc(C(=N)OC(=N)C2CCCN(Cc3ccccc3F)C2)ccc1N. The number of piperidine rings is 1. The van der Waals surface area contributed by atoms with Crippen LogP contribution in [0.5, 0.6) is 0 Å². The van der Waals surface area contributed by atoms with Gasteiger partial charge in [-0.25, -0.2) is 4.39 Å². The predicted octanol–water partition coefficient (Wildman–Crippen LogP) is 4.15. The van der Waals surface area contributed by atoms with Crippen LogP contribution in [0.15, 0.2) is 54.2 Å². The molecule has 8 nitrogen and oxygen atoms in total. The number of rotatable bonds is 9. The summed E-state index contributed by atoms with van der Waals surface area (Å²) in [5.41, 5.74) is 8.21. The minimum absolute atomic E-state index is 0.00564. The van der Waals surface area contributed by atoms with Crippen molar-refractivity contribution in [3.05, 3.63) is 76.7 Å². The van der Waals surface area contributed by atoms with Crippen LogP contribution in [0.2, 0.25) is 0 Å². The molecule has 1 fully saturated rings. The van der Waals surface area contributed by atoms with Crippen LogP contribution in [-0.4, -0.2) is 48.3 Å². The molecule has 0 radical (unpaired) electrons. The Morgan fingerprint density at radius 3 is 2.71 bits per heavy atom. The van der Waals surface area contributed by atoms with Gasteiger partial charge in [0.15, 0.2) is 5.90 Å². The summed E-state index contributed by atoms with van der Waals surface area (Å²) >= 11 is 0. The topological polar surface area (TPSA) is 146 Å². The van der Waals surface area contributed by atoms with E-state index < -0.39 is 0 Å². The first-order valence-electron chi connectivity index (χ1n) is 11.6. The second-order valence-electron chi connectivity index (χ2n) is 8.44. The molecule has 9 heteroatoms. The van der Waals surface area contributed by atoms with Gasteiger partial charge >= 0.3 is 0 Å². The highest BCUT2D eigenvalue weighted by Gasteiger charge is 2.26. The van der Waals surface area contributed by atoms with Crippen LogP contribution < -0.4 is 11.1 Å². The van der Waals surface area contributed by atoms with Crippen molar-refractivity contribution in [3.63, 3.8) is 0 Å². The summed E-state index contributed by atoms with van der Waals surface area (Å²) in [4.78, 5) is 2.10. The van der Waals surface area contributed by atoms with Gasteiger partial charge in [0.1, 0.15) is 5.82 Å². The maximum absolute atomic E-state index is 14.0. The summed E-state index contributed by atoms with van der Waals surface area (Å²) in [7, 11) is 0. The van der Waals surface area contributed by atoms with Crippen molar-refractivity contribution in [3.8, 4) is 0 Å². The molecule has 2 aromatic rings. The van der Waals surface area contributed by atoms with E-state index in [1.165, 1.54) is 6.07 Å². The van der Waals surface area contributed by atoms with Crippen molar-refractivity contribution in [2.45, 2.75) is 26.3 Å². The number of anilines is 1. The Morgan fingerprint density at radius 2 is 2.00 bits per heavy atom. The number of hydrogen-bond acceptors (Lipinski definition) is 8. The van der Waals surface area contributed by atoms with E-state index in [0.29, 0.717) is 47.6 Å². The van der Waals surface area contributed by atoms with Gasteiger partial charge in [-0.1, -0.05) is 18.2 Å². The number of likely N-dealkylation sites (tertiary alicyclic amines) is 1. The Kier molecular flexibility index (Phi) is 8.86. The number of allylic oxidation sites excluding steroid dienone is 1. The predicted molar refractivity (Wildman–Crippen MR) is 138 cm³/mol. The Morgan fingerprint density at radius 1 is 1.23 bits per heavy atom. The number of halogens is 1. The van der Waals surface area contributed by atoms with Crippen LogP contribution in [-0.2, 0) is 11.3 Å². The van der Waals surface area contributed by atoms with Gasteiger partial charge in [0.05, 0.1) is 5.71 Å². The Hall–Kier alpha value is -3.85. The Bertz CT molecular complexity index is 1140. The molecule has 35 heavy (non-hydrogen) atoms. The fraction of sp³-hybridized carbons (Fsp3) is 0.308. The van der Waals surface area contributed by atoms with Gasteiger partial charge < -0.3 is 21.2 Å². The molecule has 2 aromatic carbocycles. The first-order chi connectivity index (χ1) is 16.8. The normalized spacial score (nSPS) is 16.4. The van der Waals surface area contributed by atoms with Gasteiger partial charge in [-0.05, 0) is 50.6 Å². The zero-order valence-electron chi connectivity index (χ0n) is 19.8. The molecule has 0 aliphatic carbocycles. The quantitative estimate of drug-likeness (QED) is 0.183. The first-order valence-corrected chi connectivity index (χ1v) is 11.6. The molecule has 0 bridgehead atoms. The lowest BCUT2D eigenvalue weighted by Gasteiger charge is -2.32. The van der Waals surface area contributed by atoms with E-state index in [1.54, 1.807) is 36.5 Å². The second kappa shape index (κ2) is 12.0. The summed E-state index contributed by atoms with van der Waals surface area (Å²) in [6, 6.07) is 11.5. The molecular weight excluding hydrogens is 445 g/mol. The number of nitrogens with zero attached hydrogens (tertiary/aromatic N) is 1. The molecule has 1 atom stereocenters. The second-order valence-corrected chi connectivity index (χ2v) is 8.44. The number of benzene rings is 2. The van der Waals surface area contributed by atoms with Crippen molar-refractivity contribution in [2.24, 2.45) is 5.92 Å². The van der Waals surface area contributed by atoms with Gasteiger partial charge in [-0.15, -0.1) is 0 Å². The smallest absolute Gasteiger partial charge is 0.220 e. The highest BCUT2D eigenvalue weighted by Crippen LogP contribution is 2.23. The first kappa shape index (κ1) is 25.8. The van der Waals surface area contributed by atoms with E-state index in [-0.39, 0.29) is 29.2 Å². The van der Waals surface area contributed by atoms with Gasteiger partial charge in [-0.2, -0.15) is 0 Å². The number of nitrogens with one attached hydrogen (secondary N) is 5. The third kappa shape index (κ3) is 6.60. The molecule has 0 spiro atoms. The molecule has 1 heterocycles. The van der Waals surface area contributed by atoms with Crippen molar-refractivity contribution < 1.29 is 9.13 Å². The third-order valence-electron chi connectivity index (χ3n) is 5.93. The summed E-state index contributed by atoms with van der Waals surface area (Å²) in [5, 5.41) is 35.9. The lowest BCUT2D eigenvalue weighted by molar-refractivity contribution is 0.185. The molecule has 184 valence electrons. The molecule has 7 N–H and O–H groups in total. The van der Waals surface area contributed by atoms with Gasteiger partial charge in [0.25, 0.3) is 0 Å². The summed E-state index contributed by atoms with van der Waals surface area (Å²) in [6.45, 7) is 4.40. The molecule has 0 amide bonds. The molecule has 1 aliphatic heterocycles. The van der Waals surface area contributed by atoms with Crippen molar-refractivity contribution >= 4 is 29.4 Å². The fourth-order valence-corrected chi connectivity index (χ4v) is 4.00. The van der Waals surface area contributed by atoms with Crippen LogP contribution >= 0.6 is 0 Å². The van der Waals surface area contributed by atoms with Crippen LogP contribution in [0, 0.1) is 33.4 Å². The van der Waals surface area contributed by atoms with E-state index >= 15 is 0 Å². The zero-order chi connectivity index (χ0) is 25.4. The zero-order valence-corrected chi connectivity index (χ0v) is 19.8. The van der Waals surface area contributed by atoms with E-state index in [1.807, 2.05) is 13.0 Å². The van der Waals surface area contributed by atoms with E-state index in [2.05, 4.69) is 10.2 Å². The Balaban J connectivity index is 1.67. The Labute approximate surface area is 205 Å². The number of nitrogen functional groups attached to an aromatic ring is 1. The lowest BCUT2D eigenvalue weighted by atomic mass is 9.97. The number of ether oxygens (including phenoxy) is 1. The van der Waals surface area contributed by atoms with Crippen LogP contribution in [0.3, 0.4) is 0 Å².